The Morgan fingerprint density at radius 2 is 2.19 bits per heavy atom. The van der Waals surface area contributed by atoms with Crippen molar-refractivity contribution in [3.05, 3.63) is 5.15 Å². The quantitative estimate of drug-likeness (QED) is 0.897. The number of hydrogen-bond donors (Lipinski definition) is 1. The summed E-state index contributed by atoms with van der Waals surface area (Å²) in [5.41, 5.74) is 0. The molecule has 1 aromatic rings. The van der Waals surface area contributed by atoms with Crippen LogP contribution in [0.2, 0.25) is 5.15 Å². The second-order valence-corrected chi connectivity index (χ2v) is 4.69. The molecule has 1 N–H and O–H groups in total. The number of rotatable bonds is 3. The fourth-order valence-corrected chi connectivity index (χ4v) is 2.40. The molecule has 1 saturated heterocycles. The summed E-state index contributed by atoms with van der Waals surface area (Å²) >= 11 is 6.83. The third-order valence-electron chi connectivity index (χ3n) is 2.59. The molecule has 7 heteroatoms. The van der Waals surface area contributed by atoms with Gasteiger partial charge in [-0.2, -0.15) is 8.75 Å². The van der Waals surface area contributed by atoms with Crippen LogP contribution in [0.25, 0.3) is 0 Å². The lowest BCUT2D eigenvalue weighted by molar-refractivity contribution is -0.130. The zero-order valence-electron chi connectivity index (χ0n) is 8.94. The molecule has 0 spiro atoms. The first-order valence-electron chi connectivity index (χ1n) is 5.22. The summed E-state index contributed by atoms with van der Waals surface area (Å²) in [4.78, 5) is 13.8. The summed E-state index contributed by atoms with van der Waals surface area (Å²) in [7, 11) is 0. The largest absolute Gasteiger partial charge is 0.355 e. The maximum absolute atomic E-state index is 12.0. The number of aromatic nitrogens is 2. The van der Waals surface area contributed by atoms with Crippen LogP contribution in [0.3, 0.4) is 0 Å². The summed E-state index contributed by atoms with van der Waals surface area (Å²) in [5.74, 6) is 0.591. The highest BCUT2D eigenvalue weighted by Gasteiger charge is 2.24. The Bertz CT molecular complexity index is 377. The minimum atomic E-state index is -0.306. The third-order valence-corrected chi connectivity index (χ3v) is 3.48. The molecular weight excluding hydrogens is 248 g/mol. The van der Waals surface area contributed by atoms with Gasteiger partial charge in [0.1, 0.15) is 6.04 Å². The van der Waals surface area contributed by atoms with Crippen molar-refractivity contribution in [1.29, 1.82) is 0 Å². The fraction of sp³-hybridized carbons (Fsp3) is 0.667. The third kappa shape index (κ3) is 2.44. The van der Waals surface area contributed by atoms with Crippen molar-refractivity contribution < 1.29 is 4.79 Å². The molecular formula is C9H13ClN4OS. The van der Waals surface area contributed by atoms with Gasteiger partial charge in [0.05, 0.1) is 11.7 Å². The van der Waals surface area contributed by atoms with Crippen LogP contribution in [0.15, 0.2) is 0 Å². The smallest absolute Gasteiger partial charge is 0.244 e. The molecule has 1 atom stereocenters. The Morgan fingerprint density at radius 1 is 1.50 bits per heavy atom. The van der Waals surface area contributed by atoms with Crippen LogP contribution in [0.1, 0.15) is 19.8 Å². The maximum Gasteiger partial charge on any atom is 0.244 e. The van der Waals surface area contributed by atoms with Crippen molar-refractivity contribution in [1.82, 2.24) is 13.6 Å². The van der Waals surface area contributed by atoms with Gasteiger partial charge in [-0.3, -0.25) is 4.79 Å². The predicted molar refractivity (Wildman–Crippen MR) is 63.8 cm³/mol. The SMILES string of the molecule is CC(Nc1nsnc1Cl)C(=O)N1CCCC1. The number of carbonyl (C=O) groups is 1. The first kappa shape index (κ1) is 11.6. The molecule has 16 heavy (non-hydrogen) atoms. The Kier molecular flexibility index (Phi) is 3.60. The van der Waals surface area contributed by atoms with Crippen LogP contribution in [0.5, 0.6) is 0 Å². The number of carbonyl (C=O) groups excluding carboxylic acids is 1. The Hall–Kier alpha value is -0.880. The molecule has 88 valence electrons. The Morgan fingerprint density at radius 3 is 2.75 bits per heavy atom. The minimum absolute atomic E-state index is 0.0987. The molecule has 0 aromatic carbocycles. The minimum Gasteiger partial charge on any atom is -0.355 e. The zero-order chi connectivity index (χ0) is 11.5. The van der Waals surface area contributed by atoms with Crippen LogP contribution in [0.4, 0.5) is 5.82 Å². The molecule has 0 aliphatic carbocycles. The highest BCUT2D eigenvalue weighted by Crippen LogP contribution is 2.19. The van der Waals surface area contributed by atoms with Crippen molar-refractivity contribution in [2.75, 3.05) is 18.4 Å². The molecule has 1 aromatic heterocycles. The molecule has 2 heterocycles. The highest BCUT2D eigenvalue weighted by atomic mass is 35.5. The molecule has 2 rings (SSSR count). The van der Waals surface area contributed by atoms with E-state index in [4.69, 9.17) is 11.6 Å². The molecule has 0 bridgehead atoms. The Labute approximate surface area is 103 Å². The van der Waals surface area contributed by atoms with E-state index in [9.17, 15) is 4.79 Å². The van der Waals surface area contributed by atoms with Gasteiger partial charge in [-0.05, 0) is 19.8 Å². The molecule has 1 fully saturated rings. The zero-order valence-corrected chi connectivity index (χ0v) is 10.5. The summed E-state index contributed by atoms with van der Waals surface area (Å²) in [6.07, 6.45) is 2.19. The number of hydrogen-bond acceptors (Lipinski definition) is 5. The van der Waals surface area contributed by atoms with Gasteiger partial charge in [0.25, 0.3) is 0 Å². The van der Waals surface area contributed by atoms with Crippen molar-refractivity contribution in [2.24, 2.45) is 0 Å². The summed E-state index contributed by atoms with van der Waals surface area (Å²) in [5, 5.41) is 3.31. The van der Waals surface area contributed by atoms with Gasteiger partial charge in [0.2, 0.25) is 5.91 Å². The van der Waals surface area contributed by atoms with E-state index in [-0.39, 0.29) is 11.9 Å². The van der Waals surface area contributed by atoms with Crippen LogP contribution in [-0.2, 0) is 4.79 Å². The number of amides is 1. The van der Waals surface area contributed by atoms with Crippen molar-refractivity contribution in [3.8, 4) is 0 Å². The van der Waals surface area contributed by atoms with E-state index in [1.807, 2.05) is 11.8 Å². The lowest BCUT2D eigenvalue weighted by Gasteiger charge is -2.20. The lowest BCUT2D eigenvalue weighted by Crippen LogP contribution is -2.39. The van der Waals surface area contributed by atoms with E-state index in [2.05, 4.69) is 14.1 Å². The van der Waals surface area contributed by atoms with E-state index in [1.165, 1.54) is 0 Å². The van der Waals surface area contributed by atoms with Gasteiger partial charge in [-0.15, -0.1) is 0 Å². The molecule has 1 aliphatic rings. The van der Waals surface area contributed by atoms with E-state index < -0.39 is 0 Å². The number of anilines is 1. The first-order chi connectivity index (χ1) is 7.68. The van der Waals surface area contributed by atoms with Gasteiger partial charge < -0.3 is 10.2 Å². The second kappa shape index (κ2) is 4.97. The van der Waals surface area contributed by atoms with Gasteiger partial charge in [-0.1, -0.05) is 11.6 Å². The van der Waals surface area contributed by atoms with Crippen LogP contribution < -0.4 is 5.32 Å². The van der Waals surface area contributed by atoms with Crippen molar-refractivity contribution in [2.45, 2.75) is 25.8 Å². The van der Waals surface area contributed by atoms with Crippen molar-refractivity contribution >= 4 is 35.1 Å². The standard InChI is InChI=1S/C9H13ClN4OS/c1-6(9(15)14-4-2-3-5-14)11-8-7(10)12-16-13-8/h6H,2-5H2,1H3,(H,11,13). The van der Waals surface area contributed by atoms with Crippen LogP contribution >= 0.6 is 23.3 Å². The second-order valence-electron chi connectivity index (χ2n) is 3.80. The predicted octanol–water partition coefficient (Wildman–Crippen LogP) is 1.61. The molecule has 0 saturated carbocycles. The van der Waals surface area contributed by atoms with Crippen molar-refractivity contribution in [3.63, 3.8) is 0 Å². The molecule has 1 aliphatic heterocycles. The molecule has 1 unspecified atom stereocenters. The highest BCUT2D eigenvalue weighted by molar-refractivity contribution is 6.99. The first-order valence-corrected chi connectivity index (χ1v) is 6.32. The normalized spacial score (nSPS) is 17.5. The monoisotopic (exact) mass is 260 g/mol. The average Bonchev–Trinajstić information content (AvgIpc) is 2.89. The lowest BCUT2D eigenvalue weighted by atomic mass is 10.3. The maximum atomic E-state index is 12.0. The van der Waals surface area contributed by atoms with Gasteiger partial charge >= 0.3 is 0 Å². The fourth-order valence-electron chi connectivity index (χ4n) is 1.74. The van der Waals surface area contributed by atoms with Gasteiger partial charge in [0, 0.05) is 13.1 Å². The van der Waals surface area contributed by atoms with E-state index in [0.717, 1.165) is 37.7 Å². The molecule has 1 amide bonds. The summed E-state index contributed by atoms with van der Waals surface area (Å²) in [6.45, 7) is 3.53. The number of nitrogens with one attached hydrogen (secondary N) is 1. The van der Waals surface area contributed by atoms with Crippen LogP contribution in [0, 0.1) is 0 Å². The van der Waals surface area contributed by atoms with Crippen LogP contribution in [-0.4, -0.2) is 38.7 Å². The molecule has 0 radical (unpaired) electrons. The van der Waals surface area contributed by atoms with Gasteiger partial charge in [0.15, 0.2) is 11.0 Å². The van der Waals surface area contributed by atoms with Gasteiger partial charge in [-0.25, -0.2) is 0 Å². The Balaban J connectivity index is 1.94. The number of likely N-dealkylation sites (tertiary alicyclic amines) is 1. The summed E-state index contributed by atoms with van der Waals surface area (Å²) in [6, 6.07) is -0.306. The topological polar surface area (TPSA) is 58.1 Å². The van der Waals surface area contributed by atoms with E-state index in [0.29, 0.717) is 11.0 Å². The number of halogens is 1. The average molecular weight is 261 g/mol. The molecule has 5 nitrogen and oxygen atoms in total. The van der Waals surface area contributed by atoms with E-state index in [1.54, 1.807) is 0 Å². The van der Waals surface area contributed by atoms with E-state index >= 15 is 0 Å². The number of nitrogens with zero attached hydrogens (tertiary/aromatic N) is 3. The summed E-state index contributed by atoms with van der Waals surface area (Å²) < 4.78 is 7.82.